The SMILES string of the molecule is C=CC(C)N1CC(c2ccccc2)NCC1C(C)C. The number of piperazine rings is 1. The number of nitrogens with one attached hydrogen (secondary N) is 1. The molecule has 0 radical (unpaired) electrons. The molecule has 1 aliphatic rings. The van der Waals surface area contributed by atoms with Gasteiger partial charge in [0, 0.05) is 31.2 Å². The number of rotatable bonds is 4. The van der Waals surface area contributed by atoms with Crippen LogP contribution >= 0.6 is 0 Å². The molecular weight excluding hydrogens is 232 g/mol. The van der Waals surface area contributed by atoms with Gasteiger partial charge in [0.15, 0.2) is 0 Å². The van der Waals surface area contributed by atoms with E-state index >= 15 is 0 Å². The second-order valence-corrected chi connectivity index (χ2v) is 5.86. The molecule has 2 rings (SSSR count). The van der Waals surface area contributed by atoms with Gasteiger partial charge in [0.2, 0.25) is 0 Å². The molecule has 1 N–H and O–H groups in total. The third-order valence-electron chi connectivity index (χ3n) is 4.23. The maximum atomic E-state index is 3.97. The minimum atomic E-state index is 0.429. The fourth-order valence-corrected chi connectivity index (χ4v) is 2.92. The van der Waals surface area contributed by atoms with E-state index in [0.717, 1.165) is 13.1 Å². The molecule has 1 fully saturated rings. The van der Waals surface area contributed by atoms with Gasteiger partial charge in [-0.25, -0.2) is 0 Å². The van der Waals surface area contributed by atoms with Crippen molar-refractivity contribution in [2.24, 2.45) is 5.92 Å². The van der Waals surface area contributed by atoms with Gasteiger partial charge in [-0.05, 0) is 18.4 Å². The lowest BCUT2D eigenvalue weighted by Crippen LogP contribution is -2.57. The molecule has 0 aliphatic carbocycles. The Morgan fingerprint density at radius 3 is 2.53 bits per heavy atom. The summed E-state index contributed by atoms with van der Waals surface area (Å²) in [5, 5.41) is 3.70. The van der Waals surface area contributed by atoms with E-state index in [1.165, 1.54) is 5.56 Å². The van der Waals surface area contributed by atoms with Crippen LogP contribution in [0.5, 0.6) is 0 Å². The third kappa shape index (κ3) is 3.26. The lowest BCUT2D eigenvalue weighted by molar-refractivity contribution is 0.0793. The van der Waals surface area contributed by atoms with E-state index in [1.54, 1.807) is 0 Å². The highest BCUT2D eigenvalue weighted by atomic mass is 15.3. The van der Waals surface area contributed by atoms with Crippen molar-refractivity contribution in [2.75, 3.05) is 13.1 Å². The molecule has 3 unspecified atom stereocenters. The molecule has 0 spiro atoms. The fraction of sp³-hybridized carbons (Fsp3) is 0.529. The average Bonchev–Trinajstić information content (AvgIpc) is 2.46. The van der Waals surface area contributed by atoms with Crippen LogP contribution in [0.4, 0.5) is 0 Å². The summed E-state index contributed by atoms with van der Waals surface area (Å²) in [5.74, 6) is 0.659. The monoisotopic (exact) mass is 258 g/mol. The molecule has 0 bridgehead atoms. The van der Waals surface area contributed by atoms with Crippen LogP contribution in [0.2, 0.25) is 0 Å². The topological polar surface area (TPSA) is 15.3 Å². The molecule has 2 heteroatoms. The molecule has 19 heavy (non-hydrogen) atoms. The fourth-order valence-electron chi connectivity index (χ4n) is 2.92. The standard InChI is InChI=1S/C17H26N2/c1-5-14(4)19-12-16(15-9-7-6-8-10-15)18-11-17(19)13(2)3/h5-10,13-14,16-18H,1,11-12H2,2-4H3. The lowest BCUT2D eigenvalue weighted by atomic mass is 9.94. The summed E-state index contributed by atoms with van der Waals surface area (Å²) in [6, 6.07) is 12.2. The van der Waals surface area contributed by atoms with Crippen molar-refractivity contribution in [3.8, 4) is 0 Å². The van der Waals surface area contributed by atoms with Crippen molar-refractivity contribution in [2.45, 2.75) is 38.9 Å². The third-order valence-corrected chi connectivity index (χ3v) is 4.23. The van der Waals surface area contributed by atoms with Crippen LogP contribution in [0.1, 0.15) is 32.4 Å². The predicted octanol–water partition coefficient (Wildman–Crippen LogP) is 3.23. The Kier molecular flexibility index (Phi) is 4.78. The van der Waals surface area contributed by atoms with Crippen molar-refractivity contribution in [3.05, 3.63) is 48.6 Å². The van der Waals surface area contributed by atoms with E-state index < -0.39 is 0 Å². The maximum absolute atomic E-state index is 3.97. The Morgan fingerprint density at radius 2 is 1.95 bits per heavy atom. The van der Waals surface area contributed by atoms with E-state index in [4.69, 9.17) is 0 Å². The Hall–Kier alpha value is -1.12. The molecule has 3 atom stereocenters. The highest BCUT2D eigenvalue weighted by Crippen LogP contribution is 2.25. The number of benzene rings is 1. The van der Waals surface area contributed by atoms with Crippen molar-refractivity contribution in [3.63, 3.8) is 0 Å². The first kappa shape index (κ1) is 14.3. The molecule has 0 aromatic heterocycles. The Balaban J connectivity index is 2.15. The van der Waals surface area contributed by atoms with Crippen LogP contribution in [-0.4, -0.2) is 30.1 Å². The largest absolute Gasteiger partial charge is 0.307 e. The molecule has 0 saturated carbocycles. The van der Waals surface area contributed by atoms with Gasteiger partial charge in [-0.1, -0.05) is 50.3 Å². The van der Waals surface area contributed by atoms with E-state index in [0.29, 0.717) is 24.0 Å². The summed E-state index contributed by atoms with van der Waals surface area (Å²) >= 11 is 0. The molecular formula is C17H26N2. The zero-order valence-electron chi connectivity index (χ0n) is 12.3. The van der Waals surface area contributed by atoms with Crippen LogP contribution in [0, 0.1) is 5.92 Å². The lowest BCUT2D eigenvalue weighted by Gasteiger charge is -2.45. The first-order chi connectivity index (χ1) is 9.13. The highest BCUT2D eigenvalue weighted by molar-refractivity contribution is 5.20. The van der Waals surface area contributed by atoms with E-state index in [-0.39, 0.29) is 0 Å². The van der Waals surface area contributed by atoms with Crippen LogP contribution in [0.3, 0.4) is 0 Å². The quantitative estimate of drug-likeness (QED) is 0.834. The van der Waals surface area contributed by atoms with Crippen LogP contribution in [0.25, 0.3) is 0 Å². The molecule has 1 aromatic carbocycles. The summed E-state index contributed by atoms with van der Waals surface area (Å²) in [6.45, 7) is 12.9. The van der Waals surface area contributed by atoms with Crippen molar-refractivity contribution >= 4 is 0 Å². The van der Waals surface area contributed by atoms with Gasteiger partial charge in [0.1, 0.15) is 0 Å². The predicted molar refractivity (Wildman–Crippen MR) is 82.2 cm³/mol. The molecule has 0 amide bonds. The molecule has 1 heterocycles. The minimum Gasteiger partial charge on any atom is -0.307 e. The van der Waals surface area contributed by atoms with Crippen LogP contribution < -0.4 is 5.32 Å². The van der Waals surface area contributed by atoms with E-state index in [1.807, 2.05) is 0 Å². The van der Waals surface area contributed by atoms with Gasteiger partial charge in [-0.3, -0.25) is 4.90 Å². The highest BCUT2D eigenvalue weighted by Gasteiger charge is 2.32. The van der Waals surface area contributed by atoms with E-state index in [2.05, 4.69) is 74.0 Å². The summed E-state index contributed by atoms with van der Waals surface area (Å²) in [6.07, 6.45) is 2.06. The molecule has 1 aromatic rings. The van der Waals surface area contributed by atoms with Gasteiger partial charge >= 0.3 is 0 Å². The van der Waals surface area contributed by atoms with Crippen LogP contribution in [0.15, 0.2) is 43.0 Å². The second kappa shape index (κ2) is 6.36. The summed E-state index contributed by atoms with van der Waals surface area (Å²) < 4.78 is 0. The number of nitrogens with zero attached hydrogens (tertiary/aromatic N) is 1. The van der Waals surface area contributed by atoms with Gasteiger partial charge in [0.25, 0.3) is 0 Å². The Labute approximate surface area is 117 Å². The zero-order chi connectivity index (χ0) is 13.8. The molecule has 1 aliphatic heterocycles. The minimum absolute atomic E-state index is 0.429. The van der Waals surface area contributed by atoms with Crippen molar-refractivity contribution in [1.29, 1.82) is 0 Å². The summed E-state index contributed by atoms with van der Waals surface area (Å²) in [7, 11) is 0. The summed E-state index contributed by atoms with van der Waals surface area (Å²) in [5.41, 5.74) is 1.38. The second-order valence-electron chi connectivity index (χ2n) is 5.86. The van der Waals surface area contributed by atoms with Gasteiger partial charge in [-0.15, -0.1) is 6.58 Å². The maximum Gasteiger partial charge on any atom is 0.0450 e. The smallest absolute Gasteiger partial charge is 0.0450 e. The van der Waals surface area contributed by atoms with Gasteiger partial charge < -0.3 is 5.32 Å². The Bertz CT molecular complexity index is 399. The first-order valence-corrected chi connectivity index (χ1v) is 7.30. The zero-order valence-corrected chi connectivity index (χ0v) is 12.3. The Morgan fingerprint density at radius 1 is 1.26 bits per heavy atom. The number of hydrogen-bond acceptors (Lipinski definition) is 2. The summed E-state index contributed by atoms with van der Waals surface area (Å²) in [4.78, 5) is 2.59. The van der Waals surface area contributed by atoms with E-state index in [9.17, 15) is 0 Å². The van der Waals surface area contributed by atoms with Crippen molar-refractivity contribution in [1.82, 2.24) is 10.2 Å². The number of hydrogen-bond donors (Lipinski definition) is 1. The van der Waals surface area contributed by atoms with Crippen molar-refractivity contribution < 1.29 is 0 Å². The molecule has 104 valence electrons. The first-order valence-electron chi connectivity index (χ1n) is 7.30. The van der Waals surface area contributed by atoms with Gasteiger partial charge in [0.05, 0.1) is 0 Å². The average molecular weight is 258 g/mol. The van der Waals surface area contributed by atoms with Gasteiger partial charge in [-0.2, -0.15) is 0 Å². The molecule has 2 nitrogen and oxygen atoms in total. The normalized spacial score (nSPS) is 26.3. The molecule has 1 saturated heterocycles. The van der Waals surface area contributed by atoms with Crippen LogP contribution in [-0.2, 0) is 0 Å².